The highest BCUT2D eigenvalue weighted by molar-refractivity contribution is 5.65. The van der Waals surface area contributed by atoms with E-state index in [9.17, 15) is 18.0 Å². The van der Waals surface area contributed by atoms with Crippen molar-refractivity contribution in [3.05, 3.63) is 34.3 Å². The van der Waals surface area contributed by atoms with Gasteiger partial charge in [0.1, 0.15) is 0 Å². The van der Waals surface area contributed by atoms with Gasteiger partial charge in [0.05, 0.1) is 5.56 Å². The largest absolute Gasteiger partial charge is 0.434 e. The van der Waals surface area contributed by atoms with Crippen LogP contribution in [0.4, 0.5) is 18.9 Å². The maximum absolute atomic E-state index is 13.3. The Hall–Kier alpha value is -2.29. The predicted molar refractivity (Wildman–Crippen MR) is 83.8 cm³/mol. The Morgan fingerprint density at radius 2 is 2.00 bits per heavy atom. The summed E-state index contributed by atoms with van der Waals surface area (Å²) in [6.45, 7) is 0. The second-order valence-electron chi connectivity index (χ2n) is 7.09. The van der Waals surface area contributed by atoms with Crippen molar-refractivity contribution >= 4 is 5.69 Å². The molecule has 25 heavy (non-hydrogen) atoms. The van der Waals surface area contributed by atoms with Crippen molar-refractivity contribution in [2.75, 3.05) is 5.32 Å². The van der Waals surface area contributed by atoms with Crippen LogP contribution in [0.1, 0.15) is 31.2 Å². The van der Waals surface area contributed by atoms with E-state index in [1.165, 1.54) is 12.1 Å². The van der Waals surface area contributed by atoms with E-state index in [1.54, 1.807) is 0 Å². The zero-order chi connectivity index (χ0) is 17.8. The van der Waals surface area contributed by atoms with Gasteiger partial charge in [0, 0.05) is 23.3 Å². The van der Waals surface area contributed by atoms with Gasteiger partial charge in [0.25, 0.3) is 0 Å². The number of hydrogen-bond donors (Lipinski definition) is 3. The number of nitrogens with two attached hydrogens (primary N) is 1. The zero-order valence-corrected chi connectivity index (χ0v) is 13.2. The lowest BCUT2D eigenvalue weighted by molar-refractivity contribution is -0.137. The number of aromatic nitrogens is 2. The van der Waals surface area contributed by atoms with Crippen LogP contribution in [0.3, 0.4) is 0 Å². The summed E-state index contributed by atoms with van der Waals surface area (Å²) in [7, 11) is 0. The SMILES string of the molecule is NC1CC2(C1)CC(Nc1cc(-c3n[nH]c(=O)o3)ccc1C(F)(F)F)C2. The summed E-state index contributed by atoms with van der Waals surface area (Å²) in [5.74, 6) is -0.802. The number of alkyl halides is 3. The van der Waals surface area contributed by atoms with E-state index in [-0.39, 0.29) is 29.1 Å². The van der Waals surface area contributed by atoms with Gasteiger partial charge in [-0.25, -0.2) is 9.89 Å². The highest BCUT2D eigenvalue weighted by Gasteiger charge is 2.52. The Morgan fingerprint density at radius 3 is 2.56 bits per heavy atom. The fraction of sp³-hybridized carbons (Fsp3) is 0.500. The van der Waals surface area contributed by atoms with E-state index in [4.69, 9.17) is 10.2 Å². The first-order valence-corrected chi connectivity index (χ1v) is 8.03. The molecule has 1 spiro atoms. The molecule has 1 aromatic carbocycles. The van der Waals surface area contributed by atoms with Crippen LogP contribution in [0, 0.1) is 5.41 Å². The molecule has 2 aliphatic rings. The molecule has 0 unspecified atom stereocenters. The molecule has 4 rings (SSSR count). The second-order valence-corrected chi connectivity index (χ2v) is 7.09. The van der Waals surface area contributed by atoms with Crippen LogP contribution in [-0.4, -0.2) is 22.3 Å². The average Bonchev–Trinajstić information content (AvgIpc) is 2.89. The third kappa shape index (κ3) is 2.92. The molecule has 0 atom stereocenters. The summed E-state index contributed by atoms with van der Waals surface area (Å²) in [6, 6.07) is 3.73. The fourth-order valence-corrected chi connectivity index (χ4v) is 4.09. The van der Waals surface area contributed by atoms with E-state index in [1.807, 2.05) is 0 Å². The van der Waals surface area contributed by atoms with Gasteiger partial charge in [-0.05, 0) is 49.3 Å². The number of aromatic amines is 1. The van der Waals surface area contributed by atoms with Gasteiger partial charge in [-0.2, -0.15) is 13.2 Å². The third-order valence-electron chi connectivity index (χ3n) is 5.12. The van der Waals surface area contributed by atoms with Crippen LogP contribution in [0.15, 0.2) is 27.4 Å². The van der Waals surface area contributed by atoms with Crippen LogP contribution in [0.5, 0.6) is 0 Å². The molecule has 2 saturated carbocycles. The second kappa shape index (κ2) is 5.35. The first-order chi connectivity index (χ1) is 11.7. The van der Waals surface area contributed by atoms with Gasteiger partial charge in [0.2, 0.25) is 5.89 Å². The van der Waals surface area contributed by atoms with Crippen LogP contribution < -0.4 is 16.8 Å². The smallest absolute Gasteiger partial charge is 0.388 e. The maximum atomic E-state index is 13.3. The lowest BCUT2D eigenvalue weighted by Gasteiger charge is -2.57. The number of rotatable bonds is 3. The van der Waals surface area contributed by atoms with E-state index in [0.717, 1.165) is 31.7 Å². The summed E-state index contributed by atoms with van der Waals surface area (Å²) in [6.07, 6.45) is -0.960. The molecule has 2 aromatic rings. The number of hydrogen-bond acceptors (Lipinski definition) is 5. The third-order valence-corrected chi connectivity index (χ3v) is 5.12. The predicted octanol–water partition coefficient (Wildman–Crippen LogP) is 2.73. The first-order valence-electron chi connectivity index (χ1n) is 8.03. The summed E-state index contributed by atoms with van der Waals surface area (Å²) in [4.78, 5) is 11.1. The number of benzene rings is 1. The number of anilines is 1. The lowest BCUT2D eigenvalue weighted by atomic mass is 9.52. The molecule has 2 aliphatic carbocycles. The van der Waals surface area contributed by atoms with Crippen molar-refractivity contribution in [3.63, 3.8) is 0 Å². The Kier molecular flexibility index (Phi) is 3.47. The molecule has 0 aliphatic heterocycles. The highest BCUT2D eigenvalue weighted by atomic mass is 19.4. The van der Waals surface area contributed by atoms with Crippen molar-refractivity contribution in [2.24, 2.45) is 11.1 Å². The Morgan fingerprint density at radius 1 is 1.28 bits per heavy atom. The molecule has 9 heteroatoms. The topological polar surface area (TPSA) is 96.9 Å². The van der Waals surface area contributed by atoms with Gasteiger partial charge in [-0.3, -0.25) is 0 Å². The van der Waals surface area contributed by atoms with Crippen molar-refractivity contribution < 1.29 is 17.6 Å². The van der Waals surface area contributed by atoms with Crippen molar-refractivity contribution in [2.45, 2.75) is 43.9 Å². The molecular formula is C16H17F3N4O2. The molecule has 0 saturated heterocycles. The number of nitrogens with one attached hydrogen (secondary N) is 2. The number of nitrogens with zero attached hydrogens (tertiary/aromatic N) is 1. The highest BCUT2D eigenvalue weighted by Crippen LogP contribution is 2.56. The van der Waals surface area contributed by atoms with Gasteiger partial charge < -0.3 is 15.5 Å². The molecule has 2 fully saturated rings. The minimum Gasteiger partial charge on any atom is -0.388 e. The molecule has 1 aromatic heterocycles. The molecule has 0 radical (unpaired) electrons. The van der Waals surface area contributed by atoms with Gasteiger partial charge in [-0.1, -0.05) is 0 Å². The minimum atomic E-state index is -4.48. The fourth-order valence-electron chi connectivity index (χ4n) is 4.09. The Balaban J connectivity index is 1.59. The van der Waals surface area contributed by atoms with Crippen LogP contribution in [0.25, 0.3) is 11.5 Å². The summed E-state index contributed by atoms with van der Waals surface area (Å²) in [5, 5.41) is 8.75. The van der Waals surface area contributed by atoms with E-state index in [0.29, 0.717) is 5.56 Å². The summed E-state index contributed by atoms with van der Waals surface area (Å²) in [5.41, 5.74) is 5.55. The van der Waals surface area contributed by atoms with E-state index >= 15 is 0 Å². The Labute approximate surface area is 140 Å². The van der Waals surface area contributed by atoms with Crippen LogP contribution in [0.2, 0.25) is 0 Å². The van der Waals surface area contributed by atoms with Crippen molar-refractivity contribution in [3.8, 4) is 11.5 Å². The number of halogens is 3. The minimum absolute atomic E-state index is 0.0185. The molecule has 134 valence electrons. The molecular weight excluding hydrogens is 337 g/mol. The average molecular weight is 354 g/mol. The zero-order valence-electron chi connectivity index (χ0n) is 13.2. The molecule has 6 nitrogen and oxygen atoms in total. The first kappa shape index (κ1) is 16.2. The van der Waals surface area contributed by atoms with E-state index in [2.05, 4.69) is 15.5 Å². The van der Waals surface area contributed by atoms with Crippen LogP contribution in [-0.2, 0) is 6.18 Å². The number of H-pyrrole nitrogens is 1. The Bertz CT molecular complexity index is 844. The van der Waals surface area contributed by atoms with Crippen LogP contribution >= 0.6 is 0 Å². The van der Waals surface area contributed by atoms with Gasteiger partial charge >= 0.3 is 11.9 Å². The van der Waals surface area contributed by atoms with Gasteiger partial charge in [0.15, 0.2) is 0 Å². The quantitative estimate of drug-likeness (QED) is 0.787. The van der Waals surface area contributed by atoms with Crippen molar-refractivity contribution in [1.82, 2.24) is 10.2 Å². The van der Waals surface area contributed by atoms with Gasteiger partial charge in [-0.15, -0.1) is 5.10 Å². The standard InChI is InChI=1S/C16H17F3N4O2/c17-16(18,19)11-2-1-8(13-22-23-14(24)25-13)3-12(11)21-10-6-15(7-10)4-9(20)5-15/h1-3,9-10,21H,4-7,20H2,(H,23,24). The monoisotopic (exact) mass is 354 g/mol. The molecule has 4 N–H and O–H groups in total. The summed E-state index contributed by atoms with van der Waals surface area (Å²) < 4.78 is 44.7. The summed E-state index contributed by atoms with van der Waals surface area (Å²) >= 11 is 0. The molecule has 0 amide bonds. The molecule has 1 heterocycles. The molecule has 0 bridgehead atoms. The normalized spacial score (nSPS) is 28.5. The lowest BCUT2D eigenvalue weighted by Crippen LogP contribution is -2.57. The van der Waals surface area contributed by atoms with E-state index < -0.39 is 17.5 Å². The maximum Gasteiger partial charge on any atom is 0.434 e. The van der Waals surface area contributed by atoms with Crippen molar-refractivity contribution in [1.29, 1.82) is 0 Å².